The molecule has 1 aliphatic heterocycles. The van der Waals surface area contributed by atoms with Gasteiger partial charge in [0.15, 0.2) is 5.96 Å². The van der Waals surface area contributed by atoms with Gasteiger partial charge in [0.05, 0.1) is 17.0 Å². The fraction of sp³-hybridized carbons (Fsp3) is 0.286. The number of nitrogens with zero attached hydrogens (tertiary/aromatic N) is 1. The molecule has 0 amide bonds. The standard InChI is InChI=1S/C21H22F3N3S/c1-13-18(14-8-10-15(11-9-14)21(22,23)24)20(2,26-19(25)27(13)3)16-6-5-7-17(12-16)28-4/h5-12,18H,1H2,2-4H3,(H2,25,26)/t18-,20+/m0/s1. The van der Waals surface area contributed by atoms with Crippen LogP contribution in [0.4, 0.5) is 13.2 Å². The van der Waals surface area contributed by atoms with Gasteiger partial charge >= 0.3 is 6.18 Å². The maximum absolute atomic E-state index is 13.0. The maximum atomic E-state index is 13.0. The summed E-state index contributed by atoms with van der Waals surface area (Å²) in [7, 11) is 1.73. The Bertz CT molecular complexity index is 908. The SMILES string of the molecule is C=C1[C@@H](c2ccc(C(F)(F)F)cc2)[C@@](C)(c2cccc(SC)c2)NC(=N)N1C. The van der Waals surface area contributed by atoms with Gasteiger partial charge in [-0.1, -0.05) is 30.8 Å². The number of halogens is 3. The minimum absolute atomic E-state index is 0.199. The first-order chi connectivity index (χ1) is 13.1. The number of thioether (sulfide) groups is 1. The van der Waals surface area contributed by atoms with E-state index in [1.807, 2.05) is 37.4 Å². The van der Waals surface area contributed by atoms with E-state index in [9.17, 15) is 13.2 Å². The molecular weight excluding hydrogens is 383 g/mol. The molecule has 2 N–H and O–H groups in total. The van der Waals surface area contributed by atoms with Gasteiger partial charge in [0.2, 0.25) is 0 Å². The second kappa shape index (κ2) is 7.20. The van der Waals surface area contributed by atoms with Gasteiger partial charge in [-0.25, -0.2) is 0 Å². The predicted octanol–water partition coefficient (Wildman–Crippen LogP) is 5.41. The maximum Gasteiger partial charge on any atom is 0.416 e. The van der Waals surface area contributed by atoms with E-state index in [2.05, 4.69) is 11.9 Å². The van der Waals surface area contributed by atoms with Crippen molar-refractivity contribution in [3.63, 3.8) is 0 Å². The molecule has 1 heterocycles. The third-order valence-corrected chi connectivity index (χ3v) is 6.02. The van der Waals surface area contributed by atoms with Crippen LogP contribution in [0, 0.1) is 5.41 Å². The fourth-order valence-corrected chi connectivity index (χ4v) is 4.11. The molecule has 7 heteroatoms. The van der Waals surface area contributed by atoms with Crippen molar-refractivity contribution < 1.29 is 13.2 Å². The van der Waals surface area contributed by atoms with Crippen LogP contribution in [0.2, 0.25) is 0 Å². The highest BCUT2D eigenvalue weighted by Gasteiger charge is 2.45. The van der Waals surface area contributed by atoms with Crippen LogP contribution in [0.25, 0.3) is 0 Å². The van der Waals surface area contributed by atoms with E-state index in [4.69, 9.17) is 5.41 Å². The van der Waals surface area contributed by atoms with Gasteiger partial charge in [-0.2, -0.15) is 13.2 Å². The Balaban J connectivity index is 2.13. The third-order valence-electron chi connectivity index (χ3n) is 5.30. The molecule has 0 saturated carbocycles. The first-order valence-electron chi connectivity index (χ1n) is 8.69. The van der Waals surface area contributed by atoms with E-state index < -0.39 is 17.3 Å². The molecule has 0 aromatic heterocycles. The summed E-state index contributed by atoms with van der Waals surface area (Å²) >= 11 is 1.61. The van der Waals surface area contributed by atoms with Gasteiger partial charge < -0.3 is 10.2 Å². The zero-order chi connectivity index (χ0) is 20.7. The molecule has 0 aliphatic carbocycles. The van der Waals surface area contributed by atoms with Crippen LogP contribution in [0.3, 0.4) is 0 Å². The zero-order valence-electron chi connectivity index (χ0n) is 15.9. The van der Waals surface area contributed by atoms with Crippen molar-refractivity contribution in [1.29, 1.82) is 5.41 Å². The predicted molar refractivity (Wildman–Crippen MR) is 108 cm³/mol. The summed E-state index contributed by atoms with van der Waals surface area (Å²) in [4.78, 5) is 2.70. The van der Waals surface area contributed by atoms with Crippen molar-refractivity contribution in [2.75, 3.05) is 13.3 Å². The lowest BCUT2D eigenvalue weighted by molar-refractivity contribution is -0.137. The van der Waals surface area contributed by atoms with Gasteiger partial charge in [0.25, 0.3) is 0 Å². The number of hydrogen-bond acceptors (Lipinski definition) is 2. The largest absolute Gasteiger partial charge is 0.416 e. The van der Waals surface area contributed by atoms with Crippen molar-refractivity contribution in [3.8, 4) is 0 Å². The summed E-state index contributed by atoms with van der Waals surface area (Å²) in [5.41, 5.74) is 0.898. The average molecular weight is 405 g/mol. The van der Waals surface area contributed by atoms with E-state index in [1.54, 1.807) is 23.7 Å². The molecule has 2 aromatic rings. The summed E-state index contributed by atoms with van der Waals surface area (Å²) in [5.74, 6) is -0.142. The lowest BCUT2D eigenvalue weighted by atomic mass is 9.72. The summed E-state index contributed by atoms with van der Waals surface area (Å²) in [6.45, 7) is 6.12. The van der Waals surface area contributed by atoms with E-state index in [0.29, 0.717) is 11.3 Å². The van der Waals surface area contributed by atoms with Gasteiger partial charge in [0.1, 0.15) is 0 Å². The molecule has 0 radical (unpaired) electrons. The Hall–Kier alpha value is -2.41. The van der Waals surface area contributed by atoms with Crippen LogP contribution < -0.4 is 5.32 Å². The van der Waals surface area contributed by atoms with Crippen molar-refractivity contribution >= 4 is 17.7 Å². The lowest BCUT2D eigenvalue weighted by Crippen LogP contribution is -2.58. The third kappa shape index (κ3) is 3.51. The first-order valence-corrected chi connectivity index (χ1v) is 9.91. The number of alkyl halides is 3. The van der Waals surface area contributed by atoms with Crippen LogP contribution in [0.1, 0.15) is 29.5 Å². The normalized spacial score (nSPS) is 22.9. The van der Waals surface area contributed by atoms with E-state index in [-0.39, 0.29) is 11.9 Å². The summed E-state index contributed by atoms with van der Waals surface area (Å²) in [6.07, 6.45) is -2.40. The summed E-state index contributed by atoms with van der Waals surface area (Å²) in [6, 6.07) is 13.2. The fourth-order valence-electron chi connectivity index (χ4n) is 3.65. The highest BCUT2D eigenvalue weighted by Crippen LogP contribution is 2.45. The van der Waals surface area contributed by atoms with Gasteiger partial charge in [-0.05, 0) is 48.6 Å². The van der Waals surface area contributed by atoms with Crippen LogP contribution >= 0.6 is 11.8 Å². The van der Waals surface area contributed by atoms with E-state index in [1.165, 1.54) is 12.1 Å². The van der Waals surface area contributed by atoms with Crippen LogP contribution in [-0.4, -0.2) is 24.2 Å². The van der Waals surface area contributed by atoms with Crippen molar-refractivity contribution in [2.24, 2.45) is 0 Å². The monoisotopic (exact) mass is 405 g/mol. The number of rotatable bonds is 3. The van der Waals surface area contributed by atoms with Crippen LogP contribution in [0.5, 0.6) is 0 Å². The van der Waals surface area contributed by atoms with Gasteiger partial charge in [-0.15, -0.1) is 11.8 Å². The molecule has 1 aliphatic rings. The van der Waals surface area contributed by atoms with Crippen LogP contribution in [0.15, 0.2) is 65.7 Å². The average Bonchev–Trinajstić information content (AvgIpc) is 2.66. The number of hydrogen-bond donors (Lipinski definition) is 2. The minimum atomic E-state index is -4.38. The molecule has 2 aromatic carbocycles. The Morgan fingerprint density at radius 3 is 2.39 bits per heavy atom. The van der Waals surface area contributed by atoms with Gasteiger partial charge in [-0.3, -0.25) is 5.41 Å². The first kappa shape index (κ1) is 20.3. The molecule has 3 nitrogen and oxygen atoms in total. The Kier molecular flexibility index (Phi) is 5.23. The molecule has 28 heavy (non-hydrogen) atoms. The van der Waals surface area contributed by atoms with Crippen molar-refractivity contribution in [3.05, 3.63) is 77.5 Å². The number of guanidine groups is 1. The number of likely N-dealkylation sites (N-methyl/N-ethyl adjacent to an activating group) is 1. The molecule has 0 spiro atoms. The Morgan fingerprint density at radius 1 is 1.18 bits per heavy atom. The Labute approximate surface area is 167 Å². The molecule has 2 atom stereocenters. The molecule has 0 unspecified atom stereocenters. The second-order valence-corrected chi connectivity index (χ2v) is 7.89. The molecule has 1 fully saturated rings. The second-order valence-electron chi connectivity index (χ2n) is 7.01. The van der Waals surface area contributed by atoms with Gasteiger partial charge in [0, 0.05) is 17.6 Å². The summed E-state index contributed by atoms with van der Waals surface area (Å²) < 4.78 is 39.0. The van der Waals surface area contributed by atoms with Crippen LogP contribution in [-0.2, 0) is 11.7 Å². The molecule has 148 valence electrons. The zero-order valence-corrected chi connectivity index (χ0v) is 16.7. The van der Waals surface area contributed by atoms with E-state index >= 15 is 0 Å². The number of nitrogens with one attached hydrogen (secondary N) is 2. The topological polar surface area (TPSA) is 39.1 Å². The smallest absolute Gasteiger partial charge is 0.346 e. The minimum Gasteiger partial charge on any atom is -0.346 e. The highest BCUT2D eigenvalue weighted by molar-refractivity contribution is 7.98. The highest BCUT2D eigenvalue weighted by atomic mass is 32.2. The molecule has 3 rings (SSSR count). The summed E-state index contributed by atoms with van der Waals surface area (Å²) in [5, 5.41) is 11.5. The van der Waals surface area contributed by atoms with E-state index in [0.717, 1.165) is 22.6 Å². The number of benzene rings is 2. The molecular formula is C21H22F3N3S. The molecule has 0 bridgehead atoms. The quantitative estimate of drug-likeness (QED) is 0.671. The molecule has 1 saturated heterocycles. The lowest BCUT2D eigenvalue weighted by Gasteiger charge is -2.48. The van der Waals surface area contributed by atoms with Crippen molar-refractivity contribution in [2.45, 2.75) is 29.5 Å². The van der Waals surface area contributed by atoms with Crippen molar-refractivity contribution in [1.82, 2.24) is 10.2 Å². The Morgan fingerprint density at radius 2 is 1.82 bits per heavy atom.